The largest absolute Gasteiger partial charge is 0.383 e. The van der Waals surface area contributed by atoms with Crippen LogP contribution in [0.15, 0.2) is 98.9 Å². The number of nitrogen functional groups attached to an aromatic ring is 1. The van der Waals surface area contributed by atoms with Crippen LogP contribution in [-0.4, -0.2) is 20.5 Å². The van der Waals surface area contributed by atoms with E-state index in [4.69, 9.17) is 11.1 Å². The van der Waals surface area contributed by atoms with Crippen LogP contribution in [0.2, 0.25) is 0 Å². The first kappa shape index (κ1) is 21.4. The number of sulfone groups is 1. The summed E-state index contributed by atoms with van der Waals surface area (Å²) in [6, 6.07) is 26.6. The molecule has 0 aliphatic heterocycles. The van der Waals surface area contributed by atoms with Gasteiger partial charge in [-0.25, -0.2) is 8.42 Å². The third kappa shape index (κ3) is 4.30. The van der Waals surface area contributed by atoms with Gasteiger partial charge in [0.25, 0.3) is 0 Å². The summed E-state index contributed by atoms with van der Waals surface area (Å²) >= 11 is 2.57. The Kier molecular flexibility index (Phi) is 6.00. The van der Waals surface area contributed by atoms with Crippen molar-refractivity contribution in [3.05, 3.63) is 89.8 Å². The lowest BCUT2D eigenvalue weighted by atomic mass is 9.99. The zero-order chi connectivity index (χ0) is 22.0. The molecule has 31 heavy (non-hydrogen) atoms. The van der Waals surface area contributed by atoms with Crippen LogP contribution in [0.25, 0.3) is 22.3 Å². The molecule has 0 saturated carbocycles. The van der Waals surface area contributed by atoms with Gasteiger partial charge in [0.05, 0.1) is 18.9 Å². The molecule has 0 spiro atoms. The number of thioether (sulfide) groups is 1. The summed E-state index contributed by atoms with van der Waals surface area (Å²) in [7, 11) is -3.75. The first-order valence-electron chi connectivity index (χ1n) is 9.43. The quantitative estimate of drug-likeness (QED) is 0.211. The highest BCUT2D eigenvalue weighted by molar-refractivity contribution is 8.01. The molecule has 0 bridgehead atoms. The van der Waals surface area contributed by atoms with E-state index in [2.05, 4.69) is 6.07 Å². The van der Waals surface area contributed by atoms with E-state index in [1.54, 1.807) is 18.2 Å². The van der Waals surface area contributed by atoms with Gasteiger partial charge in [0.2, 0.25) is 9.84 Å². The predicted molar refractivity (Wildman–Crippen MR) is 130 cm³/mol. The Morgan fingerprint density at radius 3 is 2.06 bits per heavy atom. The molecular formula is C24H20N2O2S3. The molecule has 1 heterocycles. The normalized spacial score (nSPS) is 11.4. The minimum Gasteiger partial charge on any atom is -0.383 e. The number of nitrogens with two attached hydrogens (primary N) is 1. The van der Waals surface area contributed by atoms with Crippen LogP contribution < -0.4 is 5.73 Å². The second-order valence-electron chi connectivity index (χ2n) is 6.86. The number of thiophene rings is 1. The van der Waals surface area contributed by atoms with E-state index in [1.807, 2.05) is 60.9 Å². The lowest BCUT2D eigenvalue weighted by Crippen LogP contribution is -2.08. The van der Waals surface area contributed by atoms with E-state index in [0.717, 1.165) is 22.3 Å². The molecule has 0 amide bonds. The summed E-state index contributed by atoms with van der Waals surface area (Å²) in [6.07, 6.45) is 1.82. The molecule has 0 radical (unpaired) electrons. The molecule has 4 rings (SSSR count). The molecule has 0 aliphatic rings. The molecule has 0 atom stereocenters. The standard InChI is InChI=1S/C24H20N2O2S3/c1-29-24-22(15-21(30-24)23(25)26)31(27,28)20-12-6-11-19(14-20)18-10-5-9-17(13-18)16-7-3-2-4-8-16/h2-15H,1H3,(H3,25,26). The maximum atomic E-state index is 13.4. The fourth-order valence-corrected chi connectivity index (χ4v) is 7.20. The van der Waals surface area contributed by atoms with Gasteiger partial charge in [0.15, 0.2) is 0 Å². The first-order chi connectivity index (χ1) is 14.9. The van der Waals surface area contributed by atoms with Gasteiger partial charge in [-0.05, 0) is 52.8 Å². The highest BCUT2D eigenvalue weighted by Gasteiger charge is 2.25. The Labute approximate surface area is 190 Å². The van der Waals surface area contributed by atoms with Crippen molar-refractivity contribution in [2.24, 2.45) is 5.73 Å². The molecule has 4 aromatic rings. The molecule has 4 nitrogen and oxygen atoms in total. The third-order valence-electron chi connectivity index (χ3n) is 4.85. The number of nitrogens with one attached hydrogen (secondary N) is 1. The summed E-state index contributed by atoms with van der Waals surface area (Å²) in [5, 5.41) is 7.65. The van der Waals surface area contributed by atoms with Gasteiger partial charge in [0, 0.05) is 0 Å². The monoisotopic (exact) mass is 464 g/mol. The van der Waals surface area contributed by atoms with E-state index in [9.17, 15) is 8.42 Å². The maximum Gasteiger partial charge on any atom is 0.208 e. The fraction of sp³-hybridized carbons (Fsp3) is 0.0417. The minimum absolute atomic E-state index is 0.131. The summed E-state index contributed by atoms with van der Waals surface area (Å²) in [4.78, 5) is 0.873. The summed E-state index contributed by atoms with van der Waals surface area (Å²) < 4.78 is 27.4. The Morgan fingerprint density at radius 1 is 0.839 bits per heavy atom. The van der Waals surface area contributed by atoms with E-state index < -0.39 is 9.84 Å². The van der Waals surface area contributed by atoms with Gasteiger partial charge in [-0.15, -0.1) is 23.1 Å². The Bertz CT molecular complexity index is 1360. The molecule has 3 aromatic carbocycles. The SMILES string of the molecule is CSc1sc(C(=N)N)cc1S(=O)(=O)c1cccc(-c2cccc(-c3ccccc3)c2)c1. The van der Waals surface area contributed by atoms with Gasteiger partial charge >= 0.3 is 0 Å². The van der Waals surface area contributed by atoms with Crippen molar-refractivity contribution in [1.29, 1.82) is 5.41 Å². The predicted octanol–water partition coefficient (Wildman–Crippen LogP) is 5.92. The van der Waals surface area contributed by atoms with Crippen LogP contribution >= 0.6 is 23.1 Å². The van der Waals surface area contributed by atoms with Crippen molar-refractivity contribution in [3.8, 4) is 22.3 Å². The van der Waals surface area contributed by atoms with Crippen molar-refractivity contribution in [2.75, 3.05) is 6.26 Å². The third-order valence-corrected chi connectivity index (χ3v) is 9.19. The summed E-state index contributed by atoms with van der Waals surface area (Å²) in [5.74, 6) is -0.131. The van der Waals surface area contributed by atoms with Gasteiger partial charge in [-0.3, -0.25) is 5.41 Å². The van der Waals surface area contributed by atoms with E-state index >= 15 is 0 Å². The number of rotatable bonds is 6. The molecule has 0 saturated heterocycles. The summed E-state index contributed by atoms with van der Waals surface area (Å²) in [6.45, 7) is 0. The second-order valence-corrected chi connectivity index (χ2v) is 10.9. The van der Waals surface area contributed by atoms with Gasteiger partial charge in [0.1, 0.15) is 5.84 Å². The van der Waals surface area contributed by atoms with Crippen molar-refractivity contribution < 1.29 is 8.42 Å². The molecule has 0 fully saturated rings. The lowest BCUT2D eigenvalue weighted by molar-refractivity contribution is 0.595. The summed E-state index contributed by atoms with van der Waals surface area (Å²) in [5.41, 5.74) is 9.53. The van der Waals surface area contributed by atoms with E-state index in [1.165, 1.54) is 29.2 Å². The van der Waals surface area contributed by atoms with Gasteiger partial charge < -0.3 is 5.73 Å². The van der Waals surface area contributed by atoms with Crippen molar-refractivity contribution in [1.82, 2.24) is 0 Å². The van der Waals surface area contributed by atoms with Crippen LogP contribution in [-0.2, 0) is 9.84 Å². The molecule has 0 unspecified atom stereocenters. The zero-order valence-corrected chi connectivity index (χ0v) is 19.2. The topological polar surface area (TPSA) is 84.0 Å². The number of hydrogen-bond donors (Lipinski definition) is 2. The number of benzene rings is 3. The van der Waals surface area contributed by atoms with Crippen LogP contribution in [0, 0.1) is 5.41 Å². The van der Waals surface area contributed by atoms with Crippen molar-refractivity contribution in [2.45, 2.75) is 14.0 Å². The fourth-order valence-electron chi connectivity index (χ4n) is 3.30. The van der Waals surface area contributed by atoms with Crippen LogP contribution in [0.4, 0.5) is 0 Å². The first-order valence-corrected chi connectivity index (χ1v) is 13.0. The smallest absolute Gasteiger partial charge is 0.208 e. The van der Waals surface area contributed by atoms with Crippen LogP contribution in [0.1, 0.15) is 4.88 Å². The molecule has 7 heteroatoms. The Hall–Kier alpha value is -2.87. The van der Waals surface area contributed by atoms with E-state index in [0.29, 0.717) is 9.09 Å². The van der Waals surface area contributed by atoms with Crippen molar-refractivity contribution >= 4 is 38.8 Å². The molecule has 156 valence electrons. The number of hydrogen-bond acceptors (Lipinski definition) is 5. The molecule has 1 aromatic heterocycles. The molecular weight excluding hydrogens is 444 g/mol. The van der Waals surface area contributed by atoms with Gasteiger partial charge in [-0.1, -0.05) is 60.7 Å². The van der Waals surface area contributed by atoms with Crippen molar-refractivity contribution in [3.63, 3.8) is 0 Å². The average molecular weight is 465 g/mol. The average Bonchev–Trinajstić information content (AvgIpc) is 3.26. The molecule has 3 N–H and O–H groups in total. The molecule has 0 aliphatic carbocycles. The highest BCUT2D eigenvalue weighted by Crippen LogP contribution is 2.37. The zero-order valence-electron chi connectivity index (χ0n) is 16.7. The Morgan fingerprint density at radius 2 is 1.42 bits per heavy atom. The number of amidine groups is 1. The Balaban J connectivity index is 1.77. The highest BCUT2D eigenvalue weighted by atomic mass is 32.2. The minimum atomic E-state index is -3.75. The van der Waals surface area contributed by atoms with E-state index in [-0.39, 0.29) is 15.6 Å². The van der Waals surface area contributed by atoms with Crippen LogP contribution in [0.3, 0.4) is 0 Å². The van der Waals surface area contributed by atoms with Gasteiger partial charge in [-0.2, -0.15) is 0 Å². The lowest BCUT2D eigenvalue weighted by Gasteiger charge is -2.09. The maximum absolute atomic E-state index is 13.4. The van der Waals surface area contributed by atoms with Crippen LogP contribution in [0.5, 0.6) is 0 Å². The second kappa shape index (κ2) is 8.70.